The summed E-state index contributed by atoms with van der Waals surface area (Å²) in [4.78, 5) is 25.9. The number of benzene rings is 1. The Labute approximate surface area is 130 Å². The number of hydrogen-bond acceptors (Lipinski definition) is 4. The summed E-state index contributed by atoms with van der Waals surface area (Å²) >= 11 is 0. The van der Waals surface area contributed by atoms with E-state index in [1.165, 1.54) is 0 Å². The quantitative estimate of drug-likeness (QED) is 0.857. The minimum atomic E-state index is -0.721. The van der Waals surface area contributed by atoms with Crippen molar-refractivity contribution in [1.82, 2.24) is 10.2 Å². The van der Waals surface area contributed by atoms with Gasteiger partial charge in [0.15, 0.2) is 0 Å². The molecule has 0 spiro atoms. The first-order valence-electron chi connectivity index (χ1n) is 7.67. The van der Waals surface area contributed by atoms with E-state index in [2.05, 4.69) is 5.32 Å². The zero-order valence-electron chi connectivity index (χ0n) is 12.7. The SMILES string of the molecule is NCC(NC(=O)OCc1ccccc1)C(=O)N1CCCCC1. The van der Waals surface area contributed by atoms with E-state index in [0.29, 0.717) is 0 Å². The number of piperidine rings is 1. The molecule has 1 aliphatic heterocycles. The lowest BCUT2D eigenvalue weighted by Gasteiger charge is -2.30. The number of nitrogens with two attached hydrogens (primary N) is 1. The van der Waals surface area contributed by atoms with E-state index < -0.39 is 12.1 Å². The Bertz CT molecular complexity index is 487. The van der Waals surface area contributed by atoms with Crippen LogP contribution in [0.15, 0.2) is 30.3 Å². The second kappa shape index (κ2) is 8.38. The summed E-state index contributed by atoms with van der Waals surface area (Å²) in [5, 5.41) is 2.56. The molecule has 120 valence electrons. The molecule has 1 heterocycles. The van der Waals surface area contributed by atoms with Crippen LogP contribution in [0.4, 0.5) is 4.79 Å². The molecule has 0 bridgehead atoms. The lowest BCUT2D eigenvalue weighted by atomic mass is 10.1. The summed E-state index contributed by atoms with van der Waals surface area (Å²) in [5.41, 5.74) is 6.51. The average molecular weight is 305 g/mol. The molecular weight excluding hydrogens is 282 g/mol. The van der Waals surface area contributed by atoms with Crippen LogP contribution in [0.25, 0.3) is 0 Å². The summed E-state index contributed by atoms with van der Waals surface area (Å²) in [6, 6.07) is 8.66. The molecule has 1 unspecified atom stereocenters. The second-order valence-corrected chi connectivity index (χ2v) is 5.38. The fourth-order valence-electron chi connectivity index (χ4n) is 2.46. The summed E-state index contributed by atoms with van der Waals surface area (Å²) in [7, 11) is 0. The zero-order valence-corrected chi connectivity index (χ0v) is 12.7. The van der Waals surface area contributed by atoms with Crippen LogP contribution in [0.3, 0.4) is 0 Å². The number of likely N-dealkylation sites (tertiary alicyclic amines) is 1. The van der Waals surface area contributed by atoms with Crippen molar-refractivity contribution in [2.24, 2.45) is 5.73 Å². The van der Waals surface area contributed by atoms with Gasteiger partial charge in [-0.15, -0.1) is 0 Å². The minimum absolute atomic E-state index is 0.0652. The Balaban J connectivity index is 1.81. The van der Waals surface area contributed by atoms with E-state index in [1.54, 1.807) is 4.90 Å². The standard InChI is InChI=1S/C16H23N3O3/c17-11-14(15(20)19-9-5-2-6-10-19)18-16(21)22-12-13-7-3-1-4-8-13/h1,3-4,7-8,14H,2,5-6,9-12,17H2,(H,18,21). The Morgan fingerprint density at radius 3 is 2.50 bits per heavy atom. The van der Waals surface area contributed by atoms with Gasteiger partial charge >= 0.3 is 6.09 Å². The number of rotatable bonds is 5. The molecule has 6 nitrogen and oxygen atoms in total. The van der Waals surface area contributed by atoms with Gasteiger partial charge in [0, 0.05) is 19.6 Å². The third-order valence-corrected chi connectivity index (χ3v) is 3.71. The van der Waals surface area contributed by atoms with E-state index in [1.807, 2.05) is 30.3 Å². The average Bonchev–Trinajstić information content (AvgIpc) is 2.59. The fraction of sp³-hybridized carbons (Fsp3) is 0.500. The number of nitrogens with zero attached hydrogens (tertiary/aromatic N) is 1. The number of carbonyl (C=O) groups excluding carboxylic acids is 2. The Hall–Kier alpha value is -2.08. The van der Waals surface area contributed by atoms with Gasteiger partial charge in [-0.3, -0.25) is 4.79 Å². The smallest absolute Gasteiger partial charge is 0.408 e. The molecule has 2 amide bonds. The van der Waals surface area contributed by atoms with Crippen LogP contribution in [0.5, 0.6) is 0 Å². The monoisotopic (exact) mass is 305 g/mol. The summed E-state index contributed by atoms with van der Waals surface area (Å²) < 4.78 is 5.12. The first kappa shape index (κ1) is 16.3. The largest absolute Gasteiger partial charge is 0.445 e. The maximum absolute atomic E-state index is 12.3. The molecule has 1 aromatic rings. The number of carbonyl (C=O) groups is 2. The molecule has 0 radical (unpaired) electrons. The van der Waals surface area contributed by atoms with E-state index in [4.69, 9.17) is 10.5 Å². The van der Waals surface area contributed by atoms with Gasteiger partial charge < -0.3 is 20.7 Å². The number of alkyl carbamates (subject to hydrolysis) is 1. The van der Waals surface area contributed by atoms with Crippen LogP contribution in [0, 0.1) is 0 Å². The highest BCUT2D eigenvalue weighted by Crippen LogP contribution is 2.10. The van der Waals surface area contributed by atoms with Gasteiger partial charge in [0.25, 0.3) is 0 Å². The van der Waals surface area contributed by atoms with Gasteiger partial charge in [-0.25, -0.2) is 4.79 Å². The van der Waals surface area contributed by atoms with Crippen molar-refractivity contribution in [3.8, 4) is 0 Å². The second-order valence-electron chi connectivity index (χ2n) is 5.38. The molecule has 1 aliphatic rings. The maximum atomic E-state index is 12.3. The molecule has 0 aromatic heterocycles. The van der Waals surface area contributed by atoms with Crippen molar-refractivity contribution in [2.75, 3.05) is 19.6 Å². The van der Waals surface area contributed by atoms with Gasteiger partial charge in [-0.2, -0.15) is 0 Å². The van der Waals surface area contributed by atoms with E-state index >= 15 is 0 Å². The highest BCUT2D eigenvalue weighted by Gasteiger charge is 2.26. The number of hydrogen-bond donors (Lipinski definition) is 2. The Morgan fingerprint density at radius 1 is 1.18 bits per heavy atom. The van der Waals surface area contributed by atoms with E-state index in [9.17, 15) is 9.59 Å². The first-order chi connectivity index (χ1) is 10.7. The molecule has 0 aliphatic carbocycles. The summed E-state index contributed by atoms with van der Waals surface area (Å²) in [5.74, 6) is -0.126. The number of nitrogens with one attached hydrogen (secondary N) is 1. The lowest BCUT2D eigenvalue weighted by molar-refractivity contribution is -0.134. The Kier molecular flexibility index (Phi) is 6.21. The predicted octanol–water partition coefficient (Wildman–Crippen LogP) is 1.25. The molecule has 0 saturated carbocycles. The van der Waals surface area contributed by atoms with Crippen LogP contribution >= 0.6 is 0 Å². The Morgan fingerprint density at radius 2 is 1.86 bits per heavy atom. The van der Waals surface area contributed by atoms with Crippen molar-refractivity contribution in [2.45, 2.75) is 31.9 Å². The number of ether oxygens (including phenoxy) is 1. The zero-order chi connectivity index (χ0) is 15.8. The van der Waals surface area contributed by atoms with Gasteiger partial charge in [-0.05, 0) is 24.8 Å². The molecule has 6 heteroatoms. The summed E-state index contributed by atoms with van der Waals surface area (Å²) in [6.45, 7) is 1.70. The third-order valence-electron chi connectivity index (χ3n) is 3.71. The van der Waals surface area contributed by atoms with Crippen LogP contribution in [0.2, 0.25) is 0 Å². The molecule has 1 atom stereocenters. The molecule has 1 aromatic carbocycles. The van der Waals surface area contributed by atoms with Gasteiger partial charge in [0.05, 0.1) is 0 Å². The molecule has 2 rings (SSSR count). The normalized spacial score (nSPS) is 16.0. The van der Waals surface area contributed by atoms with Crippen molar-refractivity contribution < 1.29 is 14.3 Å². The van der Waals surface area contributed by atoms with Crippen molar-refractivity contribution in [1.29, 1.82) is 0 Å². The van der Waals surface area contributed by atoms with Crippen LogP contribution in [-0.2, 0) is 16.1 Å². The topological polar surface area (TPSA) is 84.7 Å². The van der Waals surface area contributed by atoms with Crippen LogP contribution in [-0.4, -0.2) is 42.6 Å². The molecule has 22 heavy (non-hydrogen) atoms. The molecule has 1 fully saturated rings. The van der Waals surface area contributed by atoms with Crippen molar-refractivity contribution in [3.05, 3.63) is 35.9 Å². The number of amides is 2. The molecule has 3 N–H and O–H groups in total. The van der Waals surface area contributed by atoms with Gasteiger partial charge in [0.1, 0.15) is 12.6 Å². The molecule has 1 saturated heterocycles. The van der Waals surface area contributed by atoms with Crippen LogP contribution < -0.4 is 11.1 Å². The van der Waals surface area contributed by atoms with Crippen molar-refractivity contribution in [3.63, 3.8) is 0 Å². The third kappa shape index (κ3) is 4.73. The van der Waals surface area contributed by atoms with E-state index in [-0.39, 0.29) is 19.1 Å². The van der Waals surface area contributed by atoms with Crippen LogP contribution in [0.1, 0.15) is 24.8 Å². The van der Waals surface area contributed by atoms with Gasteiger partial charge in [-0.1, -0.05) is 30.3 Å². The predicted molar refractivity (Wildman–Crippen MR) is 83.0 cm³/mol. The van der Waals surface area contributed by atoms with E-state index in [0.717, 1.165) is 37.9 Å². The fourth-order valence-corrected chi connectivity index (χ4v) is 2.46. The lowest BCUT2D eigenvalue weighted by Crippen LogP contribution is -2.53. The van der Waals surface area contributed by atoms with Gasteiger partial charge in [0.2, 0.25) is 5.91 Å². The first-order valence-corrected chi connectivity index (χ1v) is 7.67. The minimum Gasteiger partial charge on any atom is -0.445 e. The van der Waals surface area contributed by atoms with Crippen molar-refractivity contribution >= 4 is 12.0 Å². The maximum Gasteiger partial charge on any atom is 0.408 e. The highest BCUT2D eigenvalue weighted by molar-refractivity contribution is 5.86. The highest BCUT2D eigenvalue weighted by atomic mass is 16.5. The molecular formula is C16H23N3O3. The summed E-state index contributed by atoms with van der Waals surface area (Å²) in [6.07, 6.45) is 2.52.